The number of benzene rings is 2. The highest BCUT2D eigenvalue weighted by atomic mass is 16.5. The second-order valence-electron chi connectivity index (χ2n) is 9.76. The van der Waals surface area contributed by atoms with E-state index < -0.39 is 0 Å². The SMILES string of the molecule is CCn1c(=O)c(-c2ccc(-c3noc(C)n3)cc2)cc2cnc(Nc3ccc(N4CCN(C)CC4)cc3)nc21. The van der Waals surface area contributed by atoms with E-state index >= 15 is 0 Å². The van der Waals surface area contributed by atoms with Gasteiger partial charge in [0.05, 0.1) is 0 Å². The van der Waals surface area contributed by atoms with E-state index in [9.17, 15) is 4.79 Å². The molecule has 1 aliphatic heterocycles. The van der Waals surface area contributed by atoms with Crippen LogP contribution >= 0.6 is 0 Å². The molecule has 1 aliphatic rings. The molecule has 0 radical (unpaired) electrons. The fourth-order valence-corrected chi connectivity index (χ4v) is 4.88. The van der Waals surface area contributed by atoms with Gasteiger partial charge in [-0.1, -0.05) is 29.4 Å². The van der Waals surface area contributed by atoms with Gasteiger partial charge in [-0.15, -0.1) is 0 Å². The number of rotatable bonds is 6. The number of piperazine rings is 1. The van der Waals surface area contributed by atoms with Crippen LogP contribution in [0.1, 0.15) is 12.8 Å². The summed E-state index contributed by atoms with van der Waals surface area (Å²) < 4.78 is 6.76. The van der Waals surface area contributed by atoms with Gasteiger partial charge in [0, 0.05) is 73.7 Å². The molecule has 0 unspecified atom stereocenters. The zero-order chi connectivity index (χ0) is 26.9. The molecule has 5 aromatic rings. The van der Waals surface area contributed by atoms with Gasteiger partial charge in [-0.25, -0.2) is 4.98 Å². The smallest absolute Gasteiger partial charge is 0.260 e. The van der Waals surface area contributed by atoms with Crippen LogP contribution in [-0.4, -0.2) is 62.8 Å². The summed E-state index contributed by atoms with van der Waals surface area (Å²) in [5, 5.41) is 8.04. The minimum Gasteiger partial charge on any atom is -0.369 e. The van der Waals surface area contributed by atoms with Gasteiger partial charge < -0.3 is 19.6 Å². The van der Waals surface area contributed by atoms with E-state index in [1.54, 1.807) is 17.7 Å². The molecule has 1 fully saturated rings. The van der Waals surface area contributed by atoms with Crippen molar-refractivity contribution in [3.8, 4) is 22.5 Å². The molecule has 6 rings (SSSR count). The van der Waals surface area contributed by atoms with E-state index in [1.165, 1.54) is 5.69 Å². The van der Waals surface area contributed by atoms with Gasteiger partial charge in [0.1, 0.15) is 5.65 Å². The zero-order valence-corrected chi connectivity index (χ0v) is 22.3. The van der Waals surface area contributed by atoms with Crippen molar-refractivity contribution in [3.05, 3.63) is 77.0 Å². The quantitative estimate of drug-likeness (QED) is 0.349. The van der Waals surface area contributed by atoms with Crippen molar-refractivity contribution in [1.82, 2.24) is 29.6 Å². The van der Waals surface area contributed by atoms with Gasteiger partial charge in [-0.05, 0) is 49.9 Å². The Hall–Kier alpha value is -4.57. The maximum Gasteiger partial charge on any atom is 0.260 e. The Bertz CT molecular complexity index is 1670. The van der Waals surface area contributed by atoms with Gasteiger partial charge >= 0.3 is 0 Å². The van der Waals surface area contributed by atoms with E-state index in [-0.39, 0.29) is 5.56 Å². The summed E-state index contributed by atoms with van der Waals surface area (Å²) in [6.45, 7) is 8.36. The third-order valence-electron chi connectivity index (χ3n) is 7.12. The number of likely N-dealkylation sites (N-methyl/N-ethyl adjacent to an activating group) is 1. The number of nitrogens with one attached hydrogen (secondary N) is 1. The molecular formula is C29H30N8O2. The number of aromatic nitrogens is 5. The number of fused-ring (bicyclic) bond motifs is 1. The highest BCUT2D eigenvalue weighted by molar-refractivity contribution is 5.82. The summed E-state index contributed by atoms with van der Waals surface area (Å²) >= 11 is 0. The Labute approximate surface area is 225 Å². The second kappa shape index (κ2) is 10.3. The Kier molecular flexibility index (Phi) is 6.54. The van der Waals surface area contributed by atoms with Gasteiger partial charge in [0.15, 0.2) is 0 Å². The maximum absolute atomic E-state index is 13.5. The molecule has 0 spiro atoms. The fourth-order valence-electron chi connectivity index (χ4n) is 4.88. The molecule has 0 atom stereocenters. The number of hydrogen-bond acceptors (Lipinski definition) is 9. The first-order chi connectivity index (χ1) is 19.0. The Morgan fingerprint density at radius 1 is 0.949 bits per heavy atom. The first kappa shape index (κ1) is 24.7. The Morgan fingerprint density at radius 3 is 2.33 bits per heavy atom. The van der Waals surface area contributed by atoms with Gasteiger partial charge in [0.25, 0.3) is 5.56 Å². The first-order valence-corrected chi connectivity index (χ1v) is 13.1. The third-order valence-corrected chi connectivity index (χ3v) is 7.12. The van der Waals surface area contributed by atoms with Crippen LogP contribution in [0, 0.1) is 6.92 Å². The predicted molar refractivity (Wildman–Crippen MR) is 152 cm³/mol. The standard InChI is InChI=1S/C29H30N8O2/c1-4-37-27-22(17-25(28(37)38)20-5-7-21(8-6-20)26-31-19(2)39-34-26)18-30-29(33-27)32-23-9-11-24(12-10-23)36-15-13-35(3)14-16-36/h5-12,17-18H,4,13-16H2,1-3H3,(H,30,32,33). The Morgan fingerprint density at radius 2 is 1.67 bits per heavy atom. The molecule has 39 heavy (non-hydrogen) atoms. The molecule has 0 saturated carbocycles. The largest absolute Gasteiger partial charge is 0.369 e. The van der Waals surface area contributed by atoms with Crippen molar-refractivity contribution in [1.29, 1.82) is 0 Å². The van der Waals surface area contributed by atoms with Crippen molar-refractivity contribution >= 4 is 28.4 Å². The van der Waals surface area contributed by atoms with Crippen LogP contribution in [0.25, 0.3) is 33.5 Å². The summed E-state index contributed by atoms with van der Waals surface area (Å²) in [6, 6.07) is 17.7. The fraction of sp³-hybridized carbons (Fsp3) is 0.276. The van der Waals surface area contributed by atoms with Crippen molar-refractivity contribution in [2.24, 2.45) is 0 Å². The second-order valence-corrected chi connectivity index (χ2v) is 9.76. The number of nitrogens with zero attached hydrogens (tertiary/aromatic N) is 7. The number of hydrogen-bond donors (Lipinski definition) is 1. The minimum atomic E-state index is -0.102. The molecule has 0 amide bonds. The van der Waals surface area contributed by atoms with E-state index in [4.69, 9.17) is 9.51 Å². The molecule has 1 N–H and O–H groups in total. The molecule has 10 nitrogen and oxygen atoms in total. The molecule has 198 valence electrons. The van der Waals surface area contributed by atoms with Crippen molar-refractivity contribution in [3.63, 3.8) is 0 Å². The summed E-state index contributed by atoms with van der Waals surface area (Å²) in [5.41, 5.74) is 4.81. The lowest BCUT2D eigenvalue weighted by atomic mass is 10.0. The van der Waals surface area contributed by atoms with E-state index in [0.717, 1.165) is 48.4 Å². The van der Waals surface area contributed by atoms with Gasteiger partial charge in [0.2, 0.25) is 17.7 Å². The van der Waals surface area contributed by atoms with Crippen molar-refractivity contribution in [2.75, 3.05) is 43.4 Å². The highest BCUT2D eigenvalue weighted by Gasteiger charge is 2.16. The van der Waals surface area contributed by atoms with Crippen LogP contribution in [0.3, 0.4) is 0 Å². The molecule has 1 saturated heterocycles. The third kappa shape index (κ3) is 4.98. The summed E-state index contributed by atoms with van der Waals surface area (Å²) in [5.74, 6) is 1.47. The van der Waals surface area contributed by atoms with Crippen LogP contribution in [0.2, 0.25) is 0 Å². The molecule has 4 heterocycles. The molecule has 0 aliphatic carbocycles. The van der Waals surface area contributed by atoms with Gasteiger partial charge in [-0.3, -0.25) is 9.36 Å². The van der Waals surface area contributed by atoms with Crippen LogP contribution in [-0.2, 0) is 6.54 Å². The molecule has 0 bridgehead atoms. The lowest BCUT2D eigenvalue weighted by molar-refractivity contribution is 0.313. The van der Waals surface area contributed by atoms with E-state index in [1.807, 2.05) is 49.4 Å². The summed E-state index contributed by atoms with van der Waals surface area (Å²) in [6.07, 6.45) is 1.76. The lowest BCUT2D eigenvalue weighted by Crippen LogP contribution is -2.44. The van der Waals surface area contributed by atoms with Crippen LogP contribution in [0.4, 0.5) is 17.3 Å². The van der Waals surface area contributed by atoms with E-state index in [2.05, 4.69) is 49.4 Å². The maximum atomic E-state index is 13.5. The van der Waals surface area contributed by atoms with Crippen molar-refractivity contribution < 1.29 is 4.52 Å². The average molecular weight is 523 g/mol. The predicted octanol–water partition coefficient (Wildman–Crippen LogP) is 4.33. The topological polar surface area (TPSA) is 105 Å². The van der Waals surface area contributed by atoms with Crippen LogP contribution < -0.4 is 15.8 Å². The first-order valence-electron chi connectivity index (χ1n) is 13.1. The van der Waals surface area contributed by atoms with Crippen LogP contribution in [0.15, 0.2) is 70.1 Å². The highest BCUT2D eigenvalue weighted by Crippen LogP contribution is 2.25. The Balaban J connectivity index is 1.26. The number of aryl methyl sites for hydroxylation is 2. The normalized spacial score (nSPS) is 14.2. The summed E-state index contributed by atoms with van der Waals surface area (Å²) in [4.78, 5) is 31.7. The van der Waals surface area contributed by atoms with E-state index in [0.29, 0.717) is 35.4 Å². The number of pyridine rings is 1. The van der Waals surface area contributed by atoms with Crippen molar-refractivity contribution in [2.45, 2.75) is 20.4 Å². The zero-order valence-electron chi connectivity index (χ0n) is 22.3. The minimum absolute atomic E-state index is 0.102. The molecular weight excluding hydrogens is 492 g/mol. The van der Waals surface area contributed by atoms with Crippen LogP contribution in [0.5, 0.6) is 0 Å². The lowest BCUT2D eigenvalue weighted by Gasteiger charge is -2.34. The summed E-state index contributed by atoms with van der Waals surface area (Å²) in [7, 11) is 2.16. The molecule has 2 aromatic carbocycles. The van der Waals surface area contributed by atoms with Gasteiger partial charge in [-0.2, -0.15) is 9.97 Å². The average Bonchev–Trinajstić information content (AvgIpc) is 3.40. The monoisotopic (exact) mass is 522 g/mol. The number of anilines is 3. The molecule has 3 aromatic heterocycles. The molecule has 10 heteroatoms.